The number of nitrogens with one attached hydrogen (secondary N) is 1. The Morgan fingerprint density at radius 3 is 2.83 bits per heavy atom. The molecule has 0 aliphatic carbocycles. The highest BCUT2D eigenvalue weighted by atomic mass is 16.5. The van der Waals surface area contributed by atoms with E-state index in [1.54, 1.807) is 0 Å². The Balaban J connectivity index is 2.14. The molecule has 1 aliphatic heterocycles. The number of para-hydroxylation sites is 1. The van der Waals surface area contributed by atoms with Gasteiger partial charge in [0.1, 0.15) is 5.60 Å². The summed E-state index contributed by atoms with van der Waals surface area (Å²) in [4.78, 5) is 5.89. The quantitative estimate of drug-likeness (QED) is 0.819. The number of benzene rings is 1. The average Bonchev–Trinajstić information content (AvgIpc) is 2.94. The number of hydrogen-bond donors (Lipinski definition) is 2. The first kappa shape index (κ1) is 17.5. The van der Waals surface area contributed by atoms with Gasteiger partial charge in [-0.3, -0.25) is 0 Å². The van der Waals surface area contributed by atoms with Gasteiger partial charge in [0.2, 0.25) is 0 Å². The molecule has 0 radical (unpaired) electrons. The third-order valence-electron chi connectivity index (χ3n) is 5.29. The summed E-state index contributed by atoms with van der Waals surface area (Å²) in [6, 6.07) is 8.55. The predicted molar refractivity (Wildman–Crippen MR) is 98.3 cm³/mol. The van der Waals surface area contributed by atoms with Gasteiger partial charge in [-0.1, -0.05) is 31.5 Å². The Morgan fingerprint density at radius 2 is 2.12 bits per heavy atom. The van der Waals surface area contributed by atoms with Gasteiger partial charge < -0.3 is 19.7 Å². The Bertz CT molecular complexity index is 679. The summed E-state index contributed by atoms with van der Waals surface area (Å²) in [5.74, 6) is 0.268. The van der Waals surface area contributed by atoms with Crippen LogP contribution in [0.1, 0.15) is 37.4 Å². The second kappa shape index (κ2) is 7.26. The SMILES string of the molecule is CCCC1(C(CCO)CN(C)C)OCCc2c1[nH]c1ccccc21. The van der Waals surface area contributed by atoms with Crippen LogP contribution in [0.5, 0.6) is 0 Å². The van der Waals surface area contributed by atoms with Gasteiger partial charge in [-0.2, -0.15) is 0 Å². The third kappa shape index (κ3) is 2.99. The van der Waals surface area contributed by atoms with Crippen LogP contribution in [0.15, 0.2) is 24.3 Å². The van der Waals surface area contributed by atoms with Crippen LogP contribution in [0.2, 0.25) is 0 Å². The zero-order valence-electron chi connectivity index (χ0n) is 15.1. The van der Waals surface area contributed by atoms with Crippen LogP contribution in [0.3, 0.4) is 0 Å². The minimum atomic E-state index is -0.325. The van der Waals surface area contributed by atoms with Crippen LogP contribution in [-0.2, 0) is 16.8 Å². The molecule has 24 heavy (non-hydrogen) atoms. The molecule has 3 rings (SSSR count). The fourth-order valence-corrected chi connectivity index (χ4v) is 4.39. The first-order valence-electron chi connectivity index (χ1n) is 9.12. The summed E-state index contributed by atoms with van der Waals surface area (Å²) in [6.45, 7) is 4.08. The van der Waals surface area contributed by atoms with Crippen molar-refractivity contribution in [3.63, 3.8) is 0 Å². The van der Waals surface area contributed by atoms with Gasteiger partial charge in [0.15, 0.2) is 0 Å². The lowest BCUT2D eigenvalue weighted by molar-refractivity contribution is -0.120. The molecule has 0 saturated heterocycles. The summed E-state index contributed by atoms with van der Waals surface area (Å²) in [5.41, 5.74) is 3.53. The van der Waals surface area contributed by atoms with Crippen molar-refractivity contribution < 1.29 is 9.84 Å². The highest BCUT2D eigenvalue weighted by molar-refractivity contribution is 5.85. The van der Waals surface area contributed by atoms with Crippen LogP contribution in [0.4, 0.5) is 0 Å². The van der Waals surface area contributed by atoms with Crippen molar-refractivity contribution in [1.82, 2.24) is 9.88 Å². The molecule has 0 spiro atoms. The predicted octanol–water partition coefficient (Wildman–Crippen LogP) is 3.30. The van der Waals surface area contributed by atoms with Crippen molar-refractivity contribution in [3.8, 4) is 0 Å². The second-order valence-corrected chi connectivity index (χ2v) is 7.23. The number of aromatic nitrogens is 1. The van der Waals surface area contributed by atoms with E-state index in [0.29, 0.717) is 0 Å². The molecule has 0 bridgehead atoms. The molecule has 4 nitrogen and oxygen atoms in total. The van der Waals surface area contributed by atoms with Crippen molar-refractivity contribution in [2.45, 2.75) is 38.2 Å². The Kier molecular flexibility index (Phi) is 5.28. The van der Waals surface area contributed by atoms with Crippen molar-refractivity contribution >= 4 is 10.9 Å². The van der Waals surface area contributed by atoms with Gasteiger partial charge in [-0.25, -0.2) is 0 Å². The number of hydrogen-bond acceptors (Lipinski definition) is 3. The van der Waals surface area contributed by atoms with E-state index in [1.807, 2.05) is 0 Å². The largest absolute Gasteiger partial charge is 0.396 e. The number of fused-ring (bicyclic) bond motifs is 3. The molecule has 0 saturated carbocycles. The maximum atomic E-state index is 9.67. The molecule has 0 fully saturated rings. The van der Waals surface area contributed by atoms with Gasteiger partial charge in [0, 0.05) is 30.0 Å². The van der Waals surface area contributed by atoms with Crippen molar-refractivity contribution in [1.29, 1.82) is 0 Å². The Labute approximate surface area is 144 Å². The lowest BCUT2D eigenvalue weighted by atomic mass is 9.75. The highest BCUT2D eigenvalue weighted by Crippen LogP contribution is 2.46. The smallest absolute Gasteiger partial charge is 0.112 e. The first-order chi connectivity index (χ1) is 11.6. The maximum absolute atomic E-state index is 9.67. The van der Waals surface area contributed by atoms with Gasteiger partial charge in [0.25, 0.3) is 0 Å². The lowest BCUT2D eigenvalue weighted by Crippen LogP contribution is -2.46. The number of nitrogens with zero attached hydrogens (tertiary/aromatic N) is 1. The number of aliphatic hydroxyl groups excluding tert-OH is 1. The molecule has 2 unspecified atom stereocenters. The van der Waals surface area contributed by atoms with Crippen LogP contribution in [0, 0.1) is 5.92 Å². The second-order valence-electron chi connectivity index (χ2n) is 7.23. The number of H-pyrrole nitrogens is 1. The Morgan fingerprint density at radius 1 is 1.33 bits per heavy atom. The van der Waals surface area contributed by atoms with Crippen LogP contribution in [-0.4, -0.2) is 48.8 Å². The van der Waals surface area contributed by atoms with E-state index in [-0.39, 0.29) is 18.1 Å². The van der Waals surface area contributed by atoms with Gasteiger partial charge in [0.05, 0.1) is 12.3 Å². The van der Waals surface area contributed by atoms with Crippen molar-refractivity contribution in [2.24, 2.45) is 5.92 Å². The van der Waals surface area contributed by atoms with Gasteiger partial charge in [-0.15, -0.1) is 0 Å². The van der Waals surface area contributed by atoms with Gasteiger partial charge >= 0.3 is 0 Å². The van der Waals surface area contributed by atoms with E-state index >= 15 is 0 Å². The van der Waals surface area contributed by atoms with Crippen molar-refractivity contribution in [3.05, 3.63) is 35.5 Å². The van der Waals surface area contributed by atoms with E-state index in [2.05, 4.69) is 55.2 Å². The van der Waals surface area contributed by atoms with Crippen molar-refractivity contribution in [2.75, 3.05) is 33.9 Å². The van der Waals surface area contributed by atoms with E-state index < -0.39 is 0 Å². The monoisotopic (exact) mass is 330 g/mol. The maximum Gasteiger partial charge on any atom is 0.112 e. The summed E-state index contributed by atoms with van der Waals surface area (Å²) in [6.07, 6.45) is 3.75. The zero-order valence-corrected chi connectivity index (χ0v) is 15.1. The standard InChI is InChI=1S/C20H30N2O2/c1-4-11-20(15(9-12-23)14-22(2)3)19-17(10-13-24-20)16-7-5-6-8-18(16)21-19/h5-8,15,21,23H,4,9-14H2,1-3H3. The minimum absolute atomic E-state index is 0.197. The van der Waals surface area contributed by atoms with E-state index in [4.69, 9.17) is 4.74 Å². The normalized spacial score (nSPS) is 22.0. The van der Waals surface area contributed by atoms with Crippen LogP contribution >= 0.6 is 0 Å². The molecule has 2 N–H and O–H groups in total. The zero-order chi connectivity index (χ0) is 17.2. The van der Waals surface area contributed by atoms with Gasteiger partial charge in [-0.05, 0) is 45.0 Å². The molecule has 132 valence electrons. The number of aromatic amines is 1. The molecule has 1 aromatic heterocycles. The summed E-state index contributed by atoms with van der Waals surface area (Å²) in [7, 11) is 4.19. The molecular weight excluding hydrogens is 300 g/mol. The lowest BCUT2D eigenvalue weighted by Gasteiger charge is -2.44. The highest BCUT2D eigenvalue weighted by Gasteiger charge is 2.45. The molecule has 1 aromatic carbocycles. The van der Waals surface area contributed by atoms with E-state index in [1.165, 1.54) is 22.2 Å². The van der Waals surface area contributed by atoms with Crippen LogP contribution in [0.25, 0.3) is 10.9 Å². The summed E-state index contributed by atoms with van der Waals surface area (Å²) >= 11 is 0. The van der Waals surface area contributed by atoms with E-state index in [0.717, 1.165) is 38.8 Å². The summed E-state index contributed by atoms with van der Waals surface area (Å²) < 4.78 is 6.51. The number of rotatable bonds is 7. The number of aliphatic hydroxyl groups is 1. The first-order valence-corrected chi connectivity index (χ1v) is 9.12. The topological polar surface area (TPSA) is 48.5 Å². The Hall–Kier alpha value is -1.36. The third-order valence-corrected chi connectivity index (χ3v) is 5.29. The molecular formula is C20H30N2O2. The molecule has 2 atom stereocenters. The number of ether oxygens (including phenoxy) is 1. The molecule has 1 aliphatic rings. The molecule has 0 amide bonds. The van der Waals surface area contributed by atoms with E-state index in [9.17, 15) is 5.11 Å². The molecule has 4 heteroatoms. The fourth-order valence-electron chi connectivity index (χ4n) is 4.39. The average molecular weight is 330 g/mol. The summed E-state index contributed by atoms with van der Waals surface area (Å²) in [5, 5.41) is 11.0. The fraction of sp³-hybridized carbons (Fsp3) is 0.600. The van der Waals surface area contributed by atoms with Crippen LogP contribution < -0.4 is 0 Å². The molecule has 2 aromatic rings. The molecule has 2 heterocycles. The minimum Gasteiger partial charge on any atom is -0.396 e.